The van der Waals surface area contributed by atoms with Crippen molar-refractivity contribution in [2.24, 2.45) is 5.92 Å². The Morgan fingerprint density at radius 1 is 1.32 bits per heavy atom. The van der Waals surface area contributed by atoms with Crippen LogP contribution < -0.4 is 10.6 Å². The molecule has 0 saturated heterocycles. The minimum absolute atomic E-state index is 0.0276. The van der Waals surface area contributed by atoms with Crippen molar-refractivity contribution in [1.29, 1.82) is 0 Å². The zero-order chi connectivity index (χ0) is 14.6. The molecule has 7 heteroatoms. The van der Waals surface area contributed by atoms with Crippen molar-refractivity contribution in [3.63, 3.8) is 0 Å². The van der Waals surface area contributed by atoms with E-state index in [1.54, 1.807) is 0 Å². The van der Waals surface area contributed by atoms with Crippen LogP contribution in [-0.4, -0.2) is 23.7 Å². The molecule has 1 aromatic rings. The number of carboxylic acids is 1. The lowest BCUT2D eigenvalue weighted by atomic mass is 10.2. The van der Waals surface area contributed by atoms with Crippen molar-refractivity contribution in [3.8, 4) is 0 Å². The third-order valence-corrected chi connectivity index (χ3v) is 2.71. The van der Waals surface area contributed by atoms with Gasteiger partial charge in [-0.3, -0.25) is 0 Å². The molecule has 2 amide bonds. The van der Waals surface area contributed by atoms with E-state index >= 15 is 0 Å². The molecule has 0 radical (unpaired) electrons. The van der Waals surface area contributed by atoms with Crippen LogP contribution in [0.3, 0.4) is 0 Å². The van der Waals surface area contributed by atoms with E-state index in [1.165, 1.54) is 12.1 Å². The number of benzene rings is 1. The highest BCUT2D eigenvalue weighted by molar-refractivity contribution is 6.37. The molecule has 0 heterocycles. The molecule has 0 fully saturated rings. The lowest BCUT2D eigenvalue weighted by Crippen LogP contribution is -2.32. The highest BCUT2D eigenvalue weighted by Gasteiger charge is 2.17. The lowest BCUT2D eigenvalue weighted by molar-refractivity contribution is 0.0698. The van der Waals surface area contributed by atoms with Crippen molar-refractivity contribution < 1.29 is 14.7 Å². The maximum Gasteiger partial charge on any atom is 0.337 e. The molecule has 0 atom stereocenters. The molecule has 1 rings (SSSR count). The summed E-state index contributed by atoms with van der Waals surface area (Å²) >= 11 is 11.6. The summed E-state index contributed by atoms with van der Waals surface area (Å²) in [6.45, 7) is 4.36. The topological polar surface area (TPSA) is 78.4 Å². The van der Waals surface area contributed by atoms with Gasteiger partial charge in [0.05, 0.1) is 16.3 Å². The minimum Gasteiger partial charge on any atom is -0.478 e. The zero-order valence-electron chi connectivity index (χ0n) is 10.5. The fourth-order valence-corrected chi connectivity index (χ4v) is 1.86. The number of carboxylic acid groups (broad SMARTS) is 1. The van der Waals surface area contributed by atoms with E-state index in [1.807, 2.05) is 13.8 Å². The number of carbonyl (C=O) groups is 2. The average Bonchev–Trinajstić information content (AvgIpc) is 2.29. The molecule has 0 spiro atoms. The smallest absolute Gasteiger partial charge is 0.337 e. The molecular formula is C12H14Cl2N2O3. The SMILES string of the molecule is CC(C)CNC(=O)Nc1c(Cl)cc(Cl)cc1C(=O)O. The second-order valence-electron chi connectivity index (χ2n) is 4.34. The van der Waals surface area contributed by atoms with Gasteiger partial charge in [-0.1, -0.05) is 37.0 Å². The summed E-state index contributed by atoms with van der Waals surface area (Å²) in [4.78, 5) is 22.7. The first-order valence-corrected chi connectivity index (χ1v) is 6.34. The van der Waals surface area contributed by atoms with Crippen LogP contribution in [0.2, 0.25) is 10.0 Å². The van der Waals surface area contributed by atoms with Gasteiger partial charge in [0.2, 0.25) is 0 Å². The number of halogens is 2. The van der Waals surface area contributed by atoms with Crippen LogP contribution in [0, 0.1) is 5.92 Å². The third-order valence-electron chi connectivity index (χ3n) is 2.19. The Kier molecular flexibility index (Phi) is 5.44. The summed E-state index contributed by atoms with van der Waals surface area (Å²) in [5, 5.41) is 14.3. The van der Waals surface area contributed by atoms with Crippen molar-refractivity contribution >= 4 is 40.9 Å². The maximum absolute atomic E-state index is 11.6. The van der Waals surface area contributed by atoms with Crippen LogP contribution in [0.5, 0.6) is 0 Å². The molecule has 0 saturated carbocycles. The number of urea groups is 1. The molecular weight excluding hydrogens is 291 g/mol. The predicted octanol–water partition coefficient (Wildman–Crippen LogP) is 3.47. The van der Waals surface area contributed by atoms with E-state index in [4.69, 9.17) is 28.3 Å². The predicted molar refractivity (Wildman–Crippen MR) is 75.3 cm³/mol. The normalized spacial score (nSPS) is 10.4. The van der Waals surface area contributed by atoms with Gasteiger partial charge in [-0.05, 0) is 18.1 Å². The fraction of sp³-hybridized carbons (Fsp3) is 0.333. The Morgan fingerprint density at radius 3 is 2.47 bits per heavy atom. The van der Waals surface area contributed by atoms with Gasteiger partial charge in [0.1, 0.15) is 0 Å². The number of aromatic carboxylic acids is 1. The summed E-state index contributed by atoms with van der Waals surface area (Å²) in [6.07, 6.45) is 0. The lowest BCUT2D eigenvalue weighted by Gasteiger charge is -2.13. The summed E-state index contributed by atoms with van der Waals surface area (Å²) in [7, 11) is 0. The third kappa shape index (κ3) is 4.61. The van der Waals surface area contributed by atoms with Crippen molar-refractivity contribution in [3.05, 3.63) is 27.7 Å². The van der Waals surface area contributed by atoms with Crippen LogP contribution in [0.15, 0.2) is 12.1 Å². The van der Waals surface area contributed by atoms with Gasteiger partial charge in [0, 0.05) is 11.6 Å². The Bertz CT molecular complexity index is 504. The molecule has 0 bridgehead atoms. The quantitative estimate of drug-likeness (QED) is 0.797. The second kappa shape index (κ2) is 6.63. The first-order chi connectivity index (χ1) is 8.81. The molecule has 19 heavy (non-hydrogen) atoms. The zero-order valence-corrected chi connectivity index (χ0v) is 12.0. The van der Waals surface area contributed by atoms with E-state index in [0.29, 0.717) is 6.54 Å². The number of carbonyl (C=O) groups excluding carboxylic acids is 1. The molecule has 0 aliphatic heterocycles. The van der Waals surface area contributed by atoms with E-state index in [9.17, 15) is 9.59 Å². The molecule has 0 aliphatic rings. The van der Waals surface area contributed by atoms with Crippen LogP contribution in [-0.2, 0) is 0 Å². The summed E-state index contributed by atoms with van der Waals surface area (Å²) in [5.41, 5.74) is -0.128. The Morgan fingerprint density at radius 2 is 1.95 bits per heavy atom. The molecule has 3 N–H and O–H groups in total. The highest BCUT2D eigenvalue weighted by Crippen LogP contribution is 2.30. The molecule has 104 valence electrons. The van der Waals surface area contributed by atoms with Crippen molar-refractivity contribution in [1.82, 2.24) is 5.32 Å². The van der Waals surface area contributed by atoms with Gasteiger partial charge in [-0.25, -0.2) is 9.59 Å². The Labute approximate surface area is 120 Å². The van der Waals surface area contributed by atoms with Gasteiger partial charge in [-0.2, -0.15) is 0 Å². The van der Waals surface area contributed by atoms with E-state index in [-0.39, 0.29) is 27.2 Å². The van der Waals surface area contributed by atoms with Gasteiger partial charge in [0.15, 0.2) is 0 Å². The number of rotatable bonds is 4. The fourth-order valence-electron chi connectivity index (χ4n) is 1.32. The van der Waals surface area contributed by atoms with Crippen LogP contribution in [0.4, 0.5) is 10.5 Å². The molecule has 5 nitrogen and oxygen atoms in total. The van der Waals surface area contributed by atoms with Gasteiger partial charge in [0.25, 0.3) is 0 Å². The number of amides is 2. The summed E-state index contributed by atoms with van der Waals surface area (Å²) in [5.74, 6) is -0.936. The van der Waals surface area contributed by atoms with E-state index in [0.717, 1.165) is 0 Å². The largest absolute Gasteiger partial charge is 0.478 e. The molecule has 0 aromatic heterocycles. The van der Waals surface area contributed by atoms with Crippen LogP contribution >= 0.6 is 23.2 Å². The first kappa shape index (κ1) is 15.6. The molecule has 1 aromatic carbocycles. The van der Waals surface area contributed by atoms with E-state index in [2.05, 4.69) is 10.6 Å². The number of hydrogen-bond acceptors (Lipinski definition) is 2. The average molecular weight is 305 g/mol. The summed E-state index contributed by atoms with van der Waals surface area (Å²) in [6, 6.07) is 2.09. The first-order valence-electron chi connectivity index (χ1n) is 5.58. The maximum atomic E-state index is 11.6. The monoisotopic (exact) mass is 304 g/mol. The van der Waals surface area contributed by atoms with Gasteiger partial charge in [-0.15, -0.1) is 0 Å². The van der Waals surface area contributed by atoms with Crippen LogP contribution in [0.25, 0.3) is 0 Å². The molecule has 0 unspecified atom stereocenters. The number of anilines is 1. The summed E-state index contributed by atoms with van der Waals surface area (Å²) < 4.78 is 0. The van der Waals surface area contributed by atoms with Crippen molar-refractivity contribution in [2.75, 3.05) is 11.9 Å². The van der Waals surface area contributed by atoms with Crippen LogP contribution in [0.1, 0.15) is 24.2 Å². The van der Waals surface area contributed by atoms with Gasteiger partial charge < -0.3 is 15.7 Å². The second-order valence-corrected chi connectivity index (χ2v) is 5.19. The van der Waals surface area contributed by atoms with Gasteiger partial charge >= 0.3 is 12.0 Å². The number of hydrogen-bond donors (Lipinski definition) is 3. The molecule has 0 aliphatic carbocycles. The van der Waals surface area contributed by atoms with E-state index < -0.39 is 12.0 Å². The number of nitrogens with one attached hydrogen (secondary N) is 2. The minimum atomic E-state index is -1.22. The van der Waals surface area contributed by atoms with Crippen molar-refractivity contribution in [2.45, 2.75) is 13.8 Å². The standard InChI is InChI=1S/C12H14Cl2N2O3/c1-6(2)5-15-12(19)16-10-8(11(17)18)3-7(13)4-9(10)14/h3-4,6H,5H2,1-2H3,(H,17,18)(H2,15,16,19). The highest BCUT2D eigenvalue weighted by atomic mass is 35.5. The Hall–Kier alpha value is -1.46. The Balaban J connectivity index is 2.94.